The van der Waals surface area contributed by atoms with Crippen LogP contribution in [0.25, 0.3) is 17.0 Å². The molecule has 0 radical (unpaired) electrons. The standard InChI is InChI=1S/C28H34N6O6S/c1-5-40-22-13-11-20(41(36,37)33(2)15-14-18-10-12-23(38-3)24(16-18)39-4)17-21(22)25-29-28(35)27-31-30-26(34(27)32-25)19-8-6-7-9-19/h10-13,16-17,19H,5-9,14-15H2,1-4H3,(H,29,32,35). The summed E-state index contributed by atoms with van der Waals surface area (Å²) in [6, 6.07) is 10.1. The molecule has 1 fully saturated rings. The van der Waals surface area contributed by atoms with E-state index >= 15 is 0 Å². The average Bonchev–Trinajstić information content (AvgIpc) is 3.66. The van der Waals surface area contributed by atoms with Crippen molar-refractivity contribution < 1.29 is 22.6 Å². The van der Waals surface area contributed by atoms with E-state index in [2.05, 4.69) is 20.3 Å². The van der Waals surface area contributed by atoms with Crippen LogP contribution in [-0.2, 0) is 16.4 Å². The van der Waals surface area contributed by atoms with Crippen LogP contribution >= 0.6 is 0 Å². The molecule has 1 aliphatic carbocycles. The van der Waals surface area contributed by atoms with Gasteiger partial charge in [0.05, 0.1) is 31.3 Å². The fourth-order valence-corrected chi connectivity index (χ4v) is 6.34. The number of rotatable bonds is 11. The number of aromatic nitrogens is 5. The Bertz CT molecular complexity index is 1710. The van der Waals surface area contributed by atoms with Gasteiger partial charge in [0, 0.05) is 19.5 Å². The molecule has 0 amide bonds. The molecule has 1 N–H and O–H groups in total. The molecule has 1 aliphatic rings. The summed E-state index contributed by atoms with van der Waals surface area (Å²) in [6.07, 6.45) is 4.55. The fraction of sp³-hybridized carbons (Fsp3) is 0.429. The van der Waals surface area contributed by atoms with Crippen molar-refractivity contribution in [3.63, 3.8) is 0 Å². The molecule has 0 unspecified atom stereocenters. The molecule has 2 aromatic carbocycles. The smallest absolute Gasteiger partial charge is 0.296 e. The van der Waals surface area contributed by atoms with Crippen molar-refractivity contribution in [2.24, 2.45) is 0 Å². The molecule has 0 atom stereocenters. The minimum Gasteiger partial charge on any atom is -0.493 e. The summed E-state index contributed by atoms with van der Waals surface area (Å²) in [5, 5.41) is 13.0. The Morgan fingerprint density at radius 1 is 1.02 bits per heavy atom. The highest BCUT2D eigenvalue weighted by Crippen LogP contribution is 2.34. The zero-order valence-corrected chi connectivity index (χ0v) is 24.4. The van der Waals surface area contributed by atoms with Gasteiger partial charge < -0.3 is 19.2 Å². The third-order valence-corrected chi connectivity index (χ3v) is 9.25. The first-order valence-corrected chi connectivity index (χ1v) is 15.0. The maximum atomic E-state index is 13.6. The van der Waals surface area contributed by atoms with E-state index in [1.807, 2.05) is 19.1 Å². The van der Waals surface area contributed by atoms with Gasteiger partial charge in [-0.25, -0.2) is 12.7 Å². The van der Waals surface area contributed by atoms with Gasteiger partial charge in [-0.2, -0.15) is 4.52 Å². The predicted octanol–water partition coefficient (Wildman–Crippen LogP) is 3.42. The van der Waals surface area contributed by atoms with Gasteiger partial charge in [0.1, 0.15) is 5.75 Å². The van der Waals surface area contributed by atoms with Gasteiger partial charge in [-0.3, -0.25) is 4.79 Å². The molecule has 218 valence electrons. The number of methoxy groups -OCH3 is 2. The number of H-pyrrole nitrogens is 1. The second-order valence-corrected chi connectivity index (χ2v) is 12.0. The summed E-state index contributed by atoms with van der Waals surface area (Å²) >= 11 is 0. The number of nitrogens with one attached hydrogen (secondary N) is 1. The van der Waals surface area contributed by atoms with E-state index in [0.717, 1.165) is 31.2 Å². The van der Waals surface area contributed by atoms with Gasteiger partial charge in [-0.15, -0.1) is 15.3 Å². The molecule has 12 nitrogen and oxygen atoms in total. The van der Waals surface area contributed by atoms with Gasteiger partial charge in [-0.05, 0) is 62.1 Å². The van der Waals surface area contributed by atoms with Crippen LogP contribution in [0, 0.1) is 0 Å². The Kier molecular flexibility index (Phi) is 8.27. The lowest BCUT2D eigenvalue weighted by atomic mass is 10.1. The van der Waals surface area contributed by atoms with Crippen LogP contribution in [-0.4, -0.2) is 71.9 Å². The number of benzene rings is 2. The van der Waals surface area contributed by atoms with Crippen molar-refractivity contribution in [3.8, 4) is 28.6 Å². The number of hydrogen-bond acceptors (Lipinski definition) is 9. The van der Waals surface area contributed by atoms with E-state index in [-0.39, 0.29) is 28.8 Å². The highest BCUT2D eigenvalue weighted by atomic mass is 32.2. The Balaban J connectivity index is 1.47. The van der Waals surface area contributed by atoms with Crippen LogP contribution in [0.2, 0.25) is 0 Å². The molecule has 5 rings (SSSR count). The highest BCUT2D eigenvalue weighted by Gasteiger charge is 2.26. The van der Waals surface area contributed by atoms with E-state index in [1.165, 1.54) is 28.0 Å². The van der Waals surface area contributed by atoms with Gasteiger partial charge in [0.15, 0.2) is 23.1 Å². The van der Waals surface area contributed by atoms with E-state index in [9.17, 15) is 13.2 Å². The molecule has 13 heteroatoms. The summed E-state index contributed by atoms with van der Waals surface area (Å²) in [6.45, 7) is 2.40. The van der Waals surface area contributed by atoms with Crippen LogP contribution < -0.4 is 19.8 Å². The molecular formula is C28H34N6O6S. The van der Waals surface area contributed by atoms with Crippen molar-refractivity contribution in [1.82, 2.24) is 29.1 Å². The number of likely N-dealkylation sites (N-methyl/N-ethyl adjacent to an activating group) is 1. The topological polar surface area (TPSA) is 141 Å². The van der Waals surface area contributed by atoms with Gasteiger partial charge in [-0.1, -0.05) is 18.9 Å². The first-order chi connectivity index (χ1) is 19.8. The molecule has 0 bridgehead atoms. The van der Waals surface area contributed by atoms with Crippen molar-refractivity contribution in [1.29, 1.82) is 0 Å². The zero-order valence-electron chi connectivity index (χ0n) is 23.6. The van der Waals surface area contributed by atoms with E-state index in [1.54, 1.807) is 26.4 Å². The zero-order chi connectivity index (χ0) is 29.1. The second kappa shape index (κ2) is 11.9. The Labute approximate surface area is 238 Å². The predicted molar refractivity (Wildman–Crippen MR) is 152 cm³/mol. The summed E-state index contributed by atoms with van der Waals surface area (Å²) < 4.78 is 46.5. The van der Waals surface area contributed by atoms with Crippen LogP contribution in [0.5, 0.6) is 17.2 Å². The molecule has 0 spiro atoms. The molecule has 0 saturated heterocycles. The average molecular weight is 583 g/mol. The number of ether oxygens (including phenoxy) is 3. The molecule has 2 aromatic heterocycles. The van der Waals surface area contributed by atoms with Crippen LogP contribution in [0.3, 0.4) is 0 Å². The number of hydrogen-bond donors (Lipinski definition) is 1. The molecule has 2 heterocycles. The molecule has 4 aromatic rings. The van der Waals surface area contributed by atoms with E-state index in [4.69, 9.17) is 14.2 Å². The summed E-state index contributed by atoms with van der Waals surface area (Å²) in [5.41, 5.74) is 0.896. The molecular weight excluding hydrogens is 548 g/mol. The molecule has 1 saturated carbocycles. The number of fused-ring (bicyclic) bond motifs is 1. The van der Waals surface area contributed by atoms with E-state index in [0.29, 0.717) is 41.7 Å². The maximum absolute atomic E-state index is 13.6. The Morgan fingerprint density at radius 2 is 1.76 bits per heavy atom. The van der Waals surface area contributed by atoms with Gasteiger partial charge >= 0.3 is 0 Å². The Hall–Kier alpha value is -3.97. The number of aromatic amines is 1. The number of nitrogens with zero attached hydrogens (tertiary/aromatic N) is 5. The first kappa shape index (κ1) is 28.6. The van der Waals surface area contributed by atoms with Crippen molar-refractivity contribution in [2.45, 2.75) is 49.8 Å². The van der Waals surface area contributed by atoms with E-state index < -0.39 is 15.6 Å². The lowest BCUT2D eigenvalue weighted by molar-refractivity contribution is 0.341. The van der Waals surface area contributed by atoms with Gasteiger partial charge in [0.2, 0.25) is 15.7 Å². The third-order valence-electron chi connectivity index (χ3n) is 7.40. The highest BCUT2D eigenvalue weighted by molar-refractivity contribution is 7.89. The van der Waals surface area contributed by atoms with Crippen LogP contribution in [0.1, 0.15) is 49.9 Å². The first-order valence-electron chi connectivity index (χ1n) is 13.6. The monoisotopic (exact) mass is 582 g/mol. The third kappa shape index (κ3) is 5.64. The fourth-order valence-electron chi connectivity index (χ4n) is 5.14. The SMILES string of the molecule is CCOc1ccc(S(=O)(=O)N(C)CCc2ccc(OC)c(OC)c2)cc1-c1nn2c(C3CCCC3)nnc2c(=O)[nH]1. The maximum Gasteiger partial charge on any atom is 0.296 e. The normalized spacial score (nSPS) is 14.2. The quantitative estimate of drug-likeness (QED) is 0.282. The summed E-state index contributed by atoms with van der Waals surface area (Å²) in [4.78, 5) is 15.8. The lowest BCUT2D eigenvalue weighted by Crippen LogP contribution is -2.29. The largest absolute Gasteiger partial charge is 0.493 e. The molecule has 41 heavy (non-hydrogen) atoms. The van der Waals surface area contributed by atoms with Crippen LogP contribution in [0.4, 0.5) is 0 Å². The van der Waals surface area contributed by atoms with Crippen molar-refractivity contribution >= 4 is 15.7 Å². The van der Waals surface area contributed by atoms with Gasteiger partial charge in [0.25, 0.3) is 5.56 Å². The molecule has 0 aliphatic heterocycles. The number of sulfonamides is 1. The summed E-state index contributed by atoms with van der Waals surface area (Å²) in [5.74, 6) is 2.57. The lowest BCUT2D eigenvalue weighted by Gasteiger charge is -2.19. The van der Waals surface area contributed by atoms with Crippen molar-refractivity contribution in [2.75, 3.05) is 34.4 Å². The minimum atomic E-state index is -3.89. The Morgan fingerprint density at radius 3 is 2.46 bits per heavy atom. The summed E-state index contributed by atoms with van der Waals surface area (Å²) in [7, 11) is 0.757. The minimum absolute atomic E-state index is 0.0493. The second-order valence-electron chi connectivity index (χ2n) is 9.93. The van der Waals surface area contributed by atoms with Crippen molar-refractivity contribution in [3.05, 3.63) is 58.1 Å². The van der Waals surface area contributed by atoms with Crippen LogP contribution in [0.15, 0.2) is 46.1 Å².